The van der Waals surface area contributed by atoms with Crippen molar-refractivity contribution in [2.75, 3.05) is 6.54 Å². The van der Waals surface area contributed by atoms with Gasteiger partial charge < -0.3 is 10.7 Å². The molecule has 3 aromatic rings. The van der Waals surface area contributed by atoms with E-state index in [-0.39, 0.29) is 0 Å². The zero-order valence-corrected chi connectivity index (χ0v) is 11.1. The summed E-state index contributed by atoms with van der Waals surface area (Å²) in [7, 11) is 0. The number of hydrogen-bond donors (Lipinski definition) is 2. The number of para-hydroxylation sites is 1. The SMILES string of the molecule is Cc1nc(CCN)sc1-c1c[nH]c2ccccc12. The van der Waals surface area contributed by atoms with Crippen LogP contribution in [-0.4, -0.2) is 16.5 Å². The molecule has 2 heterocycles. The number of hydrogen-bond acceptors (Lipinski definition) is 3. The van der Waals surface area contributed by atoms with Crippen LogP contribution in [-0.2, 0) is 6.42 Å². The lowest BCUT2D eigenvalue weighted by Crippen LogP contribution is -2.01. The van der Waals surface area contributed by atoms with Crippen molar-refractivity contribution in [3.63, 3.8) is 0 Å². The van der Waals surface area contributed by atoms with Gasteiger partial charge in [0.1, 0.15) is 0 Å². The Morgan fingerprint density at radius 3 is 3.00 bits per heavy atom. The Labute approximate surface area is 110 Å². The highest BCUT2D eigenvalue weighted by molar-refractivity contribution is 7.15. The Morgan fingerprint density at radius 2 is 2.17 bits per heavy atom. The van der Waals surface area contributed by atoms with Crippen molar-refractivity contribution in [3.8, 4) is 10.4 Å². The van der Waals surface area contributed by atoms with Crippen molar-refractivity contribution in [2.45, 2.75) is 13.3 Å². The summed E-state index contributed by atoms with van der Waals surface area (Å²) in [6.07, 6.45) is 2.92. The van der Waals surface area contributed by atoms with E-state index < -0.39 is 0 Å². The summed E-state index contributed by atoms with van der Waals surface area (Å²) in [4.78, 5) is 9.14. The average molecular weight is 257 g/mol. The van der Waals surface area contributed by atoms with Gasteiger partial charge in [0.25, 0.3) is 0 Å². The van der Waals surface area contributed by atoms with E-state index in [9.17, 15) is 0 Å². The van der Waals surface area contributed by atoms with E-state index in [4.69, 9.17) is 5.73 Å². The molecule has 0 radical (unpaired) electrons. The van der Waals surface area contributed by atoms with Crippen LogP contribution in [0.3, 0.4) is 0 Å². The number of benzene rings is 1. The molecule has 18 heavy (non-hydrogen) atoms. The number of fused-ring (bicyclic) bond motifs is 1. The fourth-order valence-electron chi connectivity index (χ4n) is 2.19. The number of aryl methyl sites for hydroxylation is 1. The highest BCUT2D eigenvalue weighted by Crippen LogP contribution is 2.35. The van der Waals surface area contributed by atoms with Gasteiger partial charge >= 0.3 is 0 Å². The maximum atomic E-state index is 5.59. The molecule has 92 valence electrons. The quantitative estimate of drug-likeness (QED) is 0.757. The van der Waals surface area contributed by atoms with E-state index in [1.54, 1.807) is 11.3 Å². The van der Waals surface area contributed by atoms with Crippen LogP contribution in [0.2, 0.25) is 0 Å². The summed E-state index contributed by atoms with van der Waals surface area (Å²) in [5.74, 6) is 0. The lowest BCUT2D eigenvalue weighted by molar-refractivity contribution is 0.946. The molecule has 4 heteroatoms. The summed E-state index contributed by atoms with van der Waals surface area (Å²) in [6, 6.07) is 8.34. The van der Waals surface area contributed by atoms with E-state index in [0.717, 1.165) is 17.1 Å². The van der Waals surface area contributed by atoms with Crippen LogP contribution >= 0.6 is 11.3 Å². The third-order valence-corrected chi connectivity index (χ3v) is 4.28. The molecule has 0 saturated heterocycles. The Balaban J connectivity index is 2.14. The highest BCUT2D eigenvalue weighted by Gasteiger charge is 2.12. The predicted octanol–water partition coefficient (Wildman–Crippen LogP) is 3.10. The lowest BCUT2D eigenvalue weighted by Gasteiger charge is -1.95. The average Bonchev–Trinajstić information content (AvgIpc) is 2.93. The second-order valence-electron chi connectivity index (χ2n) is 4.31. The predicted molar refractivity (Wildman–Crippen MR) is 76.9 cm³/mol. The second-order valence-corrected chi connectivity index (χ2v) is 5.39. The summed E-state index contributed by atoms with van der Waals surface area (Å²) >= 11 is 1.75. The lowest BCUT2D eigenvalue weighted by atomic mass is 10.1. The number of rotatable bonds is 3. The number of thiazole rings is 1. The van der Waals surface area contributed by atoms with E-state index in [0.29, 0.717) is 6.54 Å². The number of nitrogens with one attached hydrogen (secondary N) is 1. The Hall–Kier alpha value is -1.65. The molecule has 3 nitrogen and oxygen atoms in total. The third-order valence-electron chi connectivity index (χ3n) is 3.03. The van der Waals surface area contributed by atoms with E-state index in [2.05, 4.69) is 41.3 Å². The van der Waals surface area contributed by atoms with E-state index >= 15 is 0 Å². The molecule has 0 aliphatic rings. The molecule has 0 saturated carbocycles. The van der Waals surface area contributed by atoms with Gasteiger partial charge in [-0.25, -0.2) is 4.98 Å². The first kappa shape index (κ1) is 11.4. The van der Waals surface area contributed by atoms with Crippen LogP contribution in [0.4, 0.5) is 0 Å². The number of H-pyrrole nitrogens is 1. The maximum Gasteiger partial charge on any atom is 0.0947 e. The van der Waals surface area contributed by atoms with Crippen LogP contribution in [0.5, 0.6) is 0 Å². The maximum absolute atomic E-state index is 5.59. The molecule has 0 unspecified atom stereocenters. The first-order valence-electron chi connectivity index (χ1n) is 6.02. The molecule has 1 aromatic carbocycles. The summed E-state index contributed by atoms with van der Waals surface area (Å²) in [6.45, 7) is 2.72. The molecule has 0 amide bonds. The number of aromatic nitrogens is 2. The van der Waals surface area contributed by atoms with Crippen molar-refractivity contribution >= 4 is 22.2 Å². The van der Waals surface area contributed by atoms with Gasteiger partial charge in [0.15, 0.2) is 0 Å². The fourth-order valence-corrected chi connectivity index (χ4v) is 3.30. The minimum Gasteiger partial charge on any atom is -0.361 e. The number of nitrogens with two attached hydrogens (primary N) is 1. The van der Waals surface area contributed by atoms with E-state index in [1.165, 1.54) is 21.3 Å². The summed E-state index contributed by atoms with van der Waals surface area (Å²) < 4.78 is 0. The smallest absolute Gasteiger partial charge is 0.0947 e. The fraction of sp³-hybridized carbons (Fsp3) is 0.214. The summed E-state index contributed by atoms with van der Waals surface area (Å²) in [5, 5.41) is 2.37. The van der Waals surface area contributed by atoms with E-state index in [1.807, 2.05) is 6.07 Å². The third kappa shape index (κ3) is 1.83. The molecule has 0 fully saturated rings. The van der Waals surface area contributed by atoms with Crippen molar-refractivity contribution in [2.24, 2.45) is 5.73 Å². The van der Waals surface area contributed by atoms with Gasteiger partial charge in [-0.3, -0.25) is 0 Å². The molecule has 3 rings (SSSR count). The Bertz CT molecular complexity index is 681. The molecule has 0 atom stereocenters. The van der Waals surface area contributed by atoms with Gasteiger partial charge in [-0.2, -0.15) is 0 Å². The Morgan fingerprint density at radius 1 is 1.33 bits per heavy atom. The molecular weight excluding hydrogens is 242 g/mol. The zero-order valence-electron chi connectivity index (χ0n) is 10.2. The first-order chi connectivity index (χ1) is 8.79. The second kappa shape index (κ2) is 4.55. The van der Waals surface area contributed by atoms with Crippen molar-refractivity contribution in [1.29, 1.82) is 0 Å². The van der Waals surface area contributed by atoms with Crippen molar-refractivity contribution in [1.82, 2.24) is 9.97 Å². The standard InChI is InChI=1S/C14H15N3S/c1-9-14(18-13(17-9)6-7-15)11-8-16-12-5-3-2-4-10(11)12/h2-5,8,16H,6-7,15H2,1H3. The normalized spacial score (nSPS) is 11.2. The summed E-state index contributed by atoms with van der Waals surface area (Å²) in [5.41, 5.74) is 9.09. The van der Waals surface area contributed by atoms with Gasteiger partial charge in [-0.05, 0) is 19.5 Å². The first-order valence-corrected chi connectivity index (χ1v) is 6.84. The van der Waals surface area contributed by atoms with Gasteiger partial charge in [0.05, 0.1) is 15.6 Å². The largest absolute Gasteiger partial charge is 0.361 e. The van der Waals surface area contributed by atoms with Crippen LogP contribution in [0.1, 0.15) is 10.7 Å². The molecular formula is C14H15N3S. The molecule has 0 aliphatic heterocycles. The molecule has 0 spiro atoms. The van der Waals surface area contributed by atoms with Gasteiger partial charge in [0.2, 0.25) is 0 Å². The van der Waals surface area contributed by atoms with Gasteiger partial charge in [0, 0.05) is 29.1 Å². The molecule has 3 N–H and O–H groups in total. The van der Waals surface area contributed by atoms with Gasteiger partial charge in [-0.1, -0.05) is 18.2 Å². The number of aromatic amines is 1. The van der Waals surface area contributed by atoms with Crippen molar-refractivity contribution in [3.05, 3.63) is 41.2 Å². The molecule has 2 aromatic heterocycles. The van der Waals surface area contributed by atoms with Gasteiger partial charge in [-0.15, -0.1) is 11.3 Å². The minimum absolute atomic E-state index is 0.653. The minimum atomic E-state index is 0.653. The zero-order chi connectivity index (χ0) is 12.5. The molecule has 0 bridgehead atoms. The number of nitrogens with zero attached hydrogens (tertiary/aromatic N) is 1. The highest BCUT2D eigenvalue weighted by atomic mass is 32.1. The van der Waals surface area contributed by atoms with Crippen LogP contribution in [0, 0.1) is 6.92 Å². The van der Waals surface area contributed by atoms with Crippen molar-refractivity contribution < 1.29 is 0 Å². The Kier molecular flexibility index (Phi) is 2.89. The topological polar surface area (TPSA) is 54.7 Å². The van der Waals surface area contributed by atoms with Crippen LogP contribution in [0.25, 0.3) is 21.3 Å². The van der Waals surface area contributed by atoms with Crippen LogP contribution < -0.4 is 5.73 Å². The monoisotopic (exact) mass is 257 g/mol. The van der Waals surface area contributed by atoms with Crippen LogP contribution in [0.15, 0.2) is 30.5 Å². The molecule has 0 aliphatic carbocycles.